The van der Waals surface area contributed by atoms with E-state index in [-0.39, 0.29) is 30.4 Å². The van der Waals surface area contributed by atoms with Crippen molar-refractivity contribution >= 4 is 38.4 Å². The van der Waals surface area contributed by atoms with Gasteiger partial charge in [-0.15, -0.1) is 0 Å². The van der Waals surface area contributed by atoms with Crippen molar-refractivity contribution in [3.8, 4) is 5.75 Å². The maximum absolute atomic E-state index is 13.5. The number of imidazole rings is 1. The number of halogens is 1. The summed E-state index contributed by atoms with van der Waals surface area (Å²) in [4.78, 5) is 30.3. The lowest BCUT2D eigenvalue weighted by Crippen LogP contribution is -2.14. The van der Waals surface area contributed by atoms with Crippen molar-refractivity contribution in [2.45, 2.75) is 19.9 Å². The number of nitrogens with zero attached hydrogens (tertiary/aromatic N) is 4. The fraction of sp³-hybridized carbons (Fsp3) is 0.267. The number of nitrogens with one attached hydrogen (secondary N) is 1. The molecule has 26 heavy (non-hydrogen) atoms. The average molecular weight is 379 g/mol. The van der Waals surface area contributed by atoms with Gasteiger partial charge in [-0.2, -0.15) is 0 Å². The summed E-state index contributed by atoms with van der Waals surface area (Å²) < 4.78 is 20.7. The number of amides is 1. The number of rotatable bonds is 6. The van der Waals surface area contributed by atoms with E-state index in [2.05, 4.69) is 15.3 Å². The van der Waals surface area contributed by atoms with Crippen molar-refractivity contribution in [1.29, 1.82) is 0 Å². The number of ether oxygens (including phenoxy) is 1. The highest BCUT2D eigenvalue weighted by Crippen LogP contribution is 2.33. The zero-order valence-electron chi connectivity index (χ0n) is 13.9. The molecule has 3 aromatic rings. The molecule has 2 aromatic heterocycles. The van der Waals surface area contributed by atoms with Crippen LogP contribution < -0.4 is 10.1 Å². The monoisotopic (exact) mass is 379 g/mol. The Morgan fingerprint density at radius 2 is 2.23 bits per heavy atom. The van der Waals surface area contributed by atoms with Gasteiger partial charge in [-0.25, -0.2) is 9.37 Å². The Hall–Kier alpha value is -3.08. The summed E-state index contributed by atoms with van der Waals surface area (Å²) in [5, 5.41) is 13.7. The van der Waals surface area contributed by atoms with Gasteiger partial charge in [0.15, 0.2) is 5.13 Å². The second-order valence-corrected chi connectivity index (χ2v) is 6.40. The number of hydrogen-bond donors (Lipinski definition) is 1. The molecule has 9 nitrogen and oxygen atoms in total. The molecular formula is C15H14FN5O4S. The summed E-state index contributed by atoms with van der Waals surface area (Å²) in [5.41, 5.74) is 0.468. The lowest BCUT2D eigenvalue weighted by atomic mass is 10.3. The highest BCUT2D eigenvalue weighted by atomic mass is 32.1. The van der Waals surface area contributed by atoms with Gasteiger partial charge in [-0.05, 0) is 16.0 Å². The minimum Gasteiger partial charge on any atom is -0.494 e. The molecule has 11 heteroatoms. The molecule has 0 fully saturated rings. The minimum absolute atomic E-state index is 0.0791. The summed E-state index contributed by atoms with van der Waals surface area (Å²) >= 11 is 1.13. The fourth-order valence-corrected chi connectivity index (χ4v) is 3.31. The number of thiazole rings is 1. The van der Waals surface area contributed by atoms with Gasteiger partial charge in [-0.3, -0.25) is 4.79 Å². The number of aromatic nitrogens is 3. The van der Waals surface area contributed by atoms with Crippen LogP contribution in [0.25, 0.3) is 10.2 Å². The first-order valence-electron chi connectivity index (χ1n) is 7.49. The number of carbonyl (C=O) groups excluding carboxylic acids is 1. The van der Waals surface area contributed by atoms with Crippen LogP contribution in [0.5, 0.6) is 5.75 Å². The van der Waals surface area contributed by atoms with Crippen LogP contribution in [-0.4, -0.2) is 32.5 Å². The first-order valence-corrected chi connectivity index (χ1v) is 8.31. The molecule has 0 aliphatic rings. The van der Waals surface area contributed by atoms with Gasteiger partial charge in [-0.1, -0.05) is 11.3 Å². The van der Waals surface area contributed by atoms with Crippen molar-refractivity contribution < 1.29 is 18.8 Å². The second kappa shape index (κ2) is 7.04. The van der Waals surface area contributed by atoms with E-state index in [1.165, 1.54) is 30.0 Å². The molecule has 0 radical (unpaired) electrons. The molecule has 0 aliphatic heterocycles. The Balaban J connectivity index is 1.68. The third kappa shape index (κ3) is 3.61. The summed E-state index contributed by atoms with van der Waals surface area (Å²) in [7, 11) is 1.42. The molecule has 2 heterocycles. The van der Waals surface area contributed by atoms with Gasteiger partial charge in [0.1, 0.15) is 23.3 Å². The molecule has 0 unspecified atom stereocenters. The predicted molar refractivity (Wildman–Crippen MR) is 93.0 cm³/mol. The number of hydrogen-bond acceptors (Lipinski definition) is 7. The van der Waals surface area contributed by atoms with Crippen LogP contribution in [0, 0.1) is 22.9 Å². The zero-order chi connectivity index (χ0) is 18.8. The maximum atomic E-state index is 13.5. The van der Waals surface area contributed by atoms with E-state index in [9.17, 15) is 19.3 Å². The Morgan fingerprint density at radius 3 is 2.88 bits per heavy atom. The molecule has 0 saturated carbocycles. The van der Waals surface area contributed by atoms with Gasteiger partial charge in [0.2, 0.25) is 11.7 Å². The van der Waals surface area contributed by atoms with Gasteiger partial charge in [0.05, 0.1) is 11.8 Å². The van der Waals surface area contributed by atoms with Crippen molar-refractivity contribution in [2.75, 3.05) is 12.4 Å². The van der Waals surface area contributed by atoms with Crippen LogP contribution in [-0.2, 0) is 11.3 Å². The summed E-state index contributed by atoms with van der Waals surface area (Å²) in [6, 6.07) is 2.54. The van der Waals surface area contributed by atoms with Crippen molar-refractivity contribution in [2.24, 2.45) is 0 Å². The smallest absolute Gasteiger partial charge is 0.381 e. The van der Waals surface area contributed by atoms with E-state index < -0.39 is 10.7 Å². The third-order valence-electron chi connectivity index (χ3n) is 3.62. The number of fused-ring (bicyclic) bond motifs is 1. The Kier molecular flexibility index (Phi) is 4.80. The number of carbonyl (C=O) groups is 1. The fourth-order valence-electron chi connectivity index (χ4n) is 2.39. The number of anilines is 1. The SMILES string of the molecule is COc1cc(F)cc2sc(NC(=O)CCn3cc([N+](=O)[O-])nc3C)nc12. The lowest BCUT2D eigenvalue weighted by Gasteiger charge is -2.03. The predicted octanol–water partition coefficient (Wildman–Crippen LogP) is 2.89. The quantitative estimate of drug-likeness (QED) is 0.521. The van der Waals surface area contributed by atoms with Crippen LogP contribution >= 0.6 is 11.3 Å². The summed E-state index contributed by atoms with van der Waals surface area (Å²) in [5.74, 6) is -0.293. The molecule has 0 aliphatic carbocycles. The Bertz CT molecular complexity index is 999. The molecule has 1 N–H and O–H groups in total. The normalized spacial score (nSPS) is 10.9. The topological polar surface area (TPSA) is 112 Å². The van der Waals surface area contributed by atoms with E-state index in [0.29, 0.717) is 21.2 Å². The number of benzene rings is 1. The molecule has 3 rings (SSSR count). The summed E-state index contributed by atoms with van der Waals surface area (Å²) in [6.45, 7) is 1.86. The highest BCUT2D eigenvalue weighted by molar-refractivity contribution is 7.22. The van der Waals surface area contributed by atoms with Gasteiger partial charge < -0.3 is 24.7 Å². The number of aryl methyl sites for hydroxylation is 2. The number of methoxy groups -OCH3 is 1. The van der Waals surface area contributed by atoms with E-state index in [4.69, 9.17) is 4.74 Å². The van der Waals surface area contributed by atoms with Crippen LogP contribution in [0.2, 0.25) is 0 Å². The molecule has 1 aromatic carbocycles. The molecule has 0 spiro atoms. The van der Waals surface area contributed by atoms with E-state index in [0.717, 1.165) is 11.3 Å². The largest absolute Gasteiger partial charge is 0.494 e. The molecule has 0 bridgehead atoms. The lowest BCUT2D eigenvalue weighted by molar-refractivity contribution is -0.389. The van der Waals surface area contributed by atoms with E-state index in [1.807, 2.05) is 0 Å². The van der Waals surface area contributed by atoms with E-state index in [1.54, 1.807) is 6.92 Å². The minimum atomic E-state index is -0.586. The van der Waals surface area contributed by atoms with Gasteiger partial charge >= 0.3 is 5.82 Å². The zero-order valence-corrected chi connectivity index (χ0v) is 14.7. The third-order valence-corrected chi connectivity index (χ3v) is 4.54. The second-order valence-electron chi connectivity index (χ2n) is 5.37. The van der Waals surface area contributed by atoms with Crippen LogP contribution in [0.3, 0.4) is 0 Å². The summed E-state index contributed by atoms with van der Waals surface area (Å²) in [6.07, 6.45) is 1.36. The Morgan fingerprint density at radius 1 is 1.46 bits per heavy atom. The first kappa shape index (κ1) is 17.7. The van der Waals surface area contributed by atoms with Crippen molar-refractivity contribution in [1.82, 2.24) is 14.5 Å². The van der Waals surface area contributed by atoms with Crippen LogP contribution in [0.1, 0.15) is 12.2 Å². The van der Waals surface area contributed by atoms with Gasteiger partial charge in [0, 0.05) is 26.0 Å². The first-order chi connectivity index (χ1) is 12.4. The Labute approximate surface area is 150 Å². The standard InChI is InChI=1S/C15H14FN5O4S/c1-8-17-12(21(23)24)7-20(8)4-3-13(22)18-15-19-14-10(25-2)5-9(16)6-11(14)26-15/h5-7H,3-4H2,1-2H3,(H,18,19,22). The van der Waals surface area contributed by atoms with E-state index >= 15 is 0 Å². The average Bonchev–Trinajstić information content (AvgIpc) is 3.15. The maximum Gasteiger partial charge on any atom is 0.381 e. The molecule has 0 atom stereocenters. The molecular weight excluding hydrogens is 365 g/mol. The molecule has 136 valence electrons. The van der Waals surface area contributed by atoms with Crippen LogP contribution in [0.15, 0.2) is 18.3 Å². The van der Waals surface area contributed by atoms with Crippen molar-refractivity contribution in [3.05, 3.63) is 40.1 Å². The molecule has 1 amide bonds. The van der Waals surface area contributed by atoms with Gasteiger partial charge in [0.25, 0.3) is 0 Å². The number of nitro groups is 1. The van der Waals surface area contributed by atoms with Crippen molar-refractivity contribution in [3.63, 3.8) is 0 Å². The molecule has 0 saturated heterocycles. The highest BCUT2D eigenvalue weighted by Gasteiger charge is 2.17. The van der Waals surface area contributed by atoms with Crippen LogP contribution in [0.4, 0.5) is 15.3 Å².